The smallest absolute Gasteiger partial charge is 0.122 e. The van der Waals surface area contributed by atoms with Gasteiger partial charge in [-0.25, -0.2) is 4.98 Å². The van der Waals surface area contributed by atoms with Gasteiger partial charge in [-0.1, -0.05) is 11.6 Å². The maximum atomic E-state index is 9.44. The zero-order valence-electron chi connectivity index (χ0n) is 8.32. The third-order valence-corrected chi connectivity index (χ3v) is 4.36. The number of halogens is 1. The van der Waals surface area contributed by atoms with Gasteiger partial charge in [0.2, 0.25) is 0 Å². The number of thiophene rings is 1. The average molecular weight is 260 g/mol. The zero-order chi connectivity index (χ0) is 11.0. The van der Waals surface area contributed by atoms with Gasteiger partial charge in [0.1, 0.15) is 11.1 Å². The highest BCUT2D eigenvalue weighted by Crippen LogP contribution is 2.35. The molecule has 1 N–H and O–H groups in total. The van der Waals surface area contributed by atoms with E-state index in [9.17, 15) is 5.11 Å². The molecular weight excluding hydrogens is 250 g/mol. The van der Waals surface area contributed by atoms with Gasteiger partial charge in [0.25, 0.3) is 0 Å². The van der Waals surface area contributed by atoms with Gasteiger partial charge in [0, 0.05) is 4.88 Å². The topological polar surface area (TPSA) is 33.1 Å². The fourth-order valence-electron chi connectivity index (χ4n) is 1.27. The van der Waals surface area contributed by atoms with Crippen molar-refractivity contribution in [2.45, 2.75) is 20.0 Å². The van der Waals surface area contributed by atoms with Crippen LogP contribution >= 0.6 is 34.3 Å². The molecule has 2 rings (SSSR count). The molecule has 0 aliphatic heterocycles. The van der Waals surface area contributed by atoms with Gasteiger partial charge >= 0.3 is 0 Å². The molecule has 15 heavy (non-hydrogen) atoms. The Kier molecular flexibility index (Phi) is 3.11. The summed E-state index contributed by atoms with van der Waals surface area (Å²) < 4.78 is 0.760. The Hall–Kier alpha value is -0.420. The third-order valence-electron chi connectivity index (χ3n) is 1.98. The van der Waals surface area contributed by atoms with Crippen LogP contribution in [0.2, 0.25) is 4.34 Å². The first kappa shape index (κ1) is 11.1. The van der Waals surface area contributed by atoms with Crippen molar-refractivity contribution in [1.82, 2.24) is 4.98 Å². The van der Waals surface area contributed by atoms with Gasteiger partial charge in [-0.05, 0) is 26.0 Å². The number of nitrogens with zero attached hydrogens (tertiary/aromatic N) is 1. The summed E-state index contributed by atoms with van der Waals surface area (Å²) in [5.41, 5.74) is 0.938. The Morgan fingerprint density at radius 2 is 2.13 bits per heavy atom. The van der Waals surface area contributed by atoms with Gasteiger partial charge in [0.05, 0.1) is 14.9 Å². The molecule has 0 aromatic carbocycles. The maximum absolute atomic E-state index is 9.44. The van der Waals surface area contributed by atoms with Crippen molar-refractivity contribution in [3.05, 3.63) is 26.4 Å². The molecule has 1 unspecified atom stereocenters. The number of hydrogen-bond acceptors (Lipinski definition) is 4. The first-order valence-electron chi connectivity index (χ1n) is 4.49. The summed E-state index contributed by atoms with van der Waals surface area (Å²) in [5, 5.41) is 10.2. The lowest BCUT2D eigenvalue weighted by Gasteiger charge is -1.95. The molecule has 0 aliphatic rings. The Balaban J connectivity index is 2.44. The molecule has 5 heteroatoms. The highest BCUT2D eigenvalue weighted by molar-refractivity contribution is 7.19. The largest absolute Gasteiger partial charge is 0.386 e. The third kappa shape index (κ3) is 2.23. The predicted molar refractivity (Wildman–Crippen MR) is 65.8 cm³/mol. The molecule has 2 nitrogen and oxygen atoms in total. The lowest BCUT2D eigenvalue weighted by Crippen LogP contribution is -1.88. The summed E-state index contributed by atoms with van der Waals surface area (Å²) in [6.45, 7) is 3.73. The summed E-state index contributed by atoms with van der Waals surface area (Å²) in [5.74, 6) is 0. The molecule has 0 saturated carbocycles. The van der Waals surface area contributed by atoms with Crippen LogP contribution in [0, 0.1) is 6.92 Å². The maximum Gasteiger partial charge on any atom is 0.122 e. The van der Waals surface area contributed by atoms with Crippen molar-refractivity contribution >= 4 is 34.3 Å². The van der Waals surface area contributed by atoms with E-state index in [0.717, 1.165) is 24.8 Å². The van der Waals surface area contributed by atoms with Crippen molar-refractivity contribution in [2.75, 3.05) is 0 Å². The lowest BCUT2D eigenvalue weighted by molar-refractivity contribution is 0.199. The molecule has 0 radical (unpaired) electrons. The van der Waals surface area contributed by atoms with Gasteiger partial charge < -0.3 is 5.11 Å². The van der Waals surface area contributed by atoms with Gasteiger partial charge in [-0.3, -0.25) is 0 Å². The van der Waals surface area contributed by atoms with Crippen LogP contribution < -0.4 is 0 Å². The summed E-state index contributed by atoms with van der Waals surface area (Å²) >= 11 is 8.91. The minimum absolute atomic E-state index is 0.502. The van der Waals surface area contributed by atoms with Crippen molar-refractivity contribution in [3.63, 3.8) is 0 Å². The molecule has 2 aromatic rings. The van der Waals surface area contributed by atoms with E-state index in [-0.39, 0.29) is 0 Å². The van der Waals surface area contributed by atoms with E-state index in [4.69, 9.17) is 11.6 Å². The van der Waals surface area contributed by atoms with Gasteiger partial charge in [-0.2, -0.15) is 0 Å². The molecule has 0 amide bonds. The van der Waals surface area contributed by atoms with Gasteiger partial charge in [0.15, 0.2) is 0 Å². The average Bonchev–Trinajstić information content (AvgIpc) is 2.71. The number of aryl methyl sites for hydroxylation is 1. The van der Waals surface area contributed by atoms with Crippen molar-refractivity contribution in [2.24, 2.45) is 0 Å². The quantitative estimate of drug-likeness (QED) is 0.888. The highest BCUT2D eigenvalue weighted by atomic mass is 35.5. The second-order valence-electron chi connectivity index (χ2n) is 3.24. The van der Waals surface area contributed by atoms with Crippen molar-refractivity contribution < 1.29 is 5.11 Å². The van der Waals surface area contributed by atoms with E-state index in [1.165, 1.54) is 22.7 Å². The molecule has 0 saturated heterocycles. The Bertz CT molecular complexity index is 475. The summed E-state index contributed by atoms with van der Waals surface area (Å²) in [6, 6.07) is 3.82. The van der Waals surface area contributed by atoms with Crippen LogP contribution in [-0.2, 0) is 0 Å². The second kappa shape index (κ2) is 4.22. The molecule has 2 aromatic heterocycles. The first-order valence-corrected chi connectivity index (χ1v) is 6.50. The minimum Gasteiger partial charge on any atom is -0.386 e. The SMILES string of the molecule is Cc1sc(C(C)O)nc1-c1ccc(Cl)s1. The normalized spacial score (nSPS) is 13.1. The van der Waals surface area contributed by atoms with Crippen LogP contribution in [0.25, 0.3) is 10.6 Å². The molecule has 80 valence electrons. The predicted octanol–water partition coefficient (Wildman–Crippen LogP) is 3.89. The second-order valence-corrected chi connectivity index (χ2v) is 6.19. The molecule has 0 aliphatic carbocycles. The molecule has 0 spiro atoms. The zero-order valence-corrected chi connectivity index (χ0v) is 10.7. The van der Waals surface area contributed by atoms with Crippen LogP contribution in [0.4, 0.5) is 0 Å². The van der Waals surface area contributed by atoms with Crippen LogP contribution in [0.3, 0.4) is 0 Å². The fourth-order valence-corrected chi connectivity index (χ4v) is 3.29. The Labute approximate surface area is 101 Å². The highest BCUT2D eigenvalue weighted by Gasteiger charge is 2.14. The number of rotatable bonds is 2. The van der Waals surface area contributed by atoms with Crippen LogP contribution in [0.1, 0.15) is 22.9 Å². The van der Waals surface area contributed by atoms with Gasteiger partial charge in [-0.15, -0.1) is 22.7 Å². The molecular formula is C10H10ClNOS2. The summed E-state index contributed by atoms with van der Waals surface area (Å²) in [6.07, 6.45) is -0.502. The monoisotopic (exact) mass is 259 g/mol. The van der Waals surface area contributed by atoms with Crippen molar-refractivity contribution in [1.29, 1.82) is 0 Å². The fraction of sp³-hybridized carbons (Fsp3) is 0.300. The summed E-state index contributed by atoms with van der Waals surface area (Å²) in [7, 11) is 0. The molecule has 2 heterocycles. The lowest BCUT2D eigenvalue weighted by atomic mass is 10.3. The Morgan fingerprint density at radius 3 is 2.60 bits per heavy atom. The Morgan fingerprint density at radius 1 is 1.40 bits per heavy atom. The number of aliphatic hydroxyl groups is 1. The van der Waals surface area contributed by atoms with E-state index in [0.29, 0.717) is 0 Å². The van der Waals surface area contributed by atoms with E-state index < -0.39 is 6.10 Å². The van der Waals surface area contributed by atoms with Crippen molar-refractivity contribution in [3.8, 4) is 10.6 Å². The van der Waals surface area contributed by atoms with Crippen LogP contribution in [0.5, 0.6) is 0 Å². The van der Waals surface area contributed by atoms with Crippen LogP contribution in [-0.4, -0.2) is 10.1 Å². The molecule has 0 bridgehead atoms. The number of hydrogen-bond donors (Lipinski definition) is 1. The summed E-state index contributed by atoms with van der Waals surface area (Å²) in [4.78, 5) is 6.58. The van der Waals surface area contributed by atoms with E-state index in [2.05, 4.69) is 4.98 Å². The van der Waals surface area contributed by atoms with Crippen LogP contribution in [0.15, 0.2) is 12.1 Å². The van der Waals surface area contributed by atoms with E-state index in [1.54, 1.807) is 6.92 Å². The first-order chi connectivity index (χ1) is 7.08. The van der Waals surface area contributed by atoms with E-state index in [1.807, 2.05) is 19.1 Å². The number of thiazole rings is 1. The number of aromatic nitrogens is 1. The van der Waals surface area contributed by atoms with E-state index >= 15 is 0 Å². The molecule has 1 atom stereocenters. The number of aliphatic hydroxyl groups excluding tert-OH is 1. The standard InChI is InChI=1S/C10H10ClNOS2/c1-5(13)10-12-9(6(2)14-10)7-3-4-8(11)15-7/h3-5,13H,1-2H3. The minimum atomic E-state index is -0.502. The molecule has 0 fully saturated rings.